The summed E-state index contributed by atoms with van der Waals surface area (Å²) >= 11 is 0. The number of hydrogen-bond acceptors (Lipinski definition) is 7. The Morgan fingerprint density at radius 3 is 2.59 bits per heavy atom. The van der Waals surface area contributed by atoms with Gasteiger partial charge in [0.2, 0.25) is 5.78 Å². The molecule has 1 amide bonds. The molecule has 4 aromatic rings. The van der Waals surface area contributed by atoms with E-state index in [1.807, 2.05) is 0 Å². The molecule has 9 nitrogen and oxygen atoms in total. The second-order valence-electron chi connectivity index (χ2n) is 7.78. The molecule has 0 bridgehead atoms. The number of nitro benzene ring substituents is 1. The minimum Gasteiger partial charge on any atom is -0.503 e. The monoisotopic (exact) mass is 455 g/mol. The van der Waals surface area contributed by atoms with Crippen LogP contribution in [-0.4, -0.2) is 31.6 Å². The summed E-state index contributed by atoms with van der Waals surface area (Å²) in [4.78, 5) is 42.7. The molecular formula is C25H17N3O6. The number of carbonyl (C=O) groups is 2. The molecule has 34 heavy (non-hydrogen) atoms. The number of aliphatic hydroxyl groups excluding tert-OH is 1. The number of rotatable bonds is 6. The van der Waals surface area contributed by atoms with Gasteiger partial charge in [0.1, 0.15) is 5.58 Å². The van der Waals surface area contributed by atoms with E-state index in [1.54, 1.807) is 60.9 Å². The fraction of sp³-hybridized carbons (Fsp3) is 0.0800. The molecule has 1 aliphatic heterocycles. The minimum atomic E-state index is -1.05. The number of aromatic nitrogens is 1. The lowest BCUT2D eigenvalue weighted by atomic mass is 9.94. The van der Waals surface area contributed by atoms with Crippen LogP contribution in [0.25, 0.3) is 11.0 Å². The van der Waals surface area contributed by atoms with Crippen molar-refractivity contribution in [1.29, 1.82) is 0 Å². The fourth-order valence-corrected chi connectivity index (χ4v) is 4.12. The van der Waals surface area contributed by atoms with E-state index in [2.05, 4.69) is 4.98 Å². The Bertz CT molecular complexity index is 1440. The van der Waals surface area contributed by atoms with Crippen LogP contribution in [0.15, 0.2) is 94.9 Å². The van der Waals surface area contributed by atoms with Gasteiger partial charge in [0, 0.05) is 36.5 Å². The molecule has 3 heterocycles. The Morgan fingerprint density at radius 2 is 1.85 bits per heavy atom. The number of Topliss-reactive ketones (excluding diaryl/α,β-unsaturated/α-hetero) is 1. The number of aliphatic hydroxyl groups is 1. The van der Waals surface area contributed by atoms with Gasteiger partial charge in [-0.2, -0.15) is 0 Å². The zero-order chi connectivity index (χ0) is 23.8. The van der Waals surface area contributed by atoms with Crippen LogP contribution in [0.3, 0.4) is 0 Å². The minimum absolute atomic E-state index is 0.0447. The average molecular weight is 455 g/mol. The highest BCUT2D eigenvalue weighted by atomic mass is 16.6. The predicted molar refractivity (Wildman–Crippen MR) is 121 cm³/mol. The lowest BCUT2D eigenvalue weighted by Gasteiger charge is -2.26. The van der Waals surface area contributed by atoms with Gasteiger partial charge in [-0.05, 0) is 35.4 Å². The van der Waals surface area contributed by atoms with Crippen molar-refractivity contribution in [3.63, 3.8) is 0 Å². The van der Waals surface area contributed by atoms with Gasteiger partial charge < -0.3 is 14.4 Å². The van der Waals surface area contributed by atoms with Gasteiger partial charge >= 0.3 is 0 Å². The number of nitro groups is 1. The van der Waals surface area contributed by atoms with Crippen molar-refractivity contribution in [2.45, 2.75) is 12.6 Å². The van der Waals surface area contributed by atoms with Crippen molar-refractivity contribution in [2.24, 2.45) is 0 Å². The highest BCUT2D eigenvalue weighted by Gasteiger charge is 2.44. The molecule has 0 saturated carbocycles. The Labute approximate surface area is 192 Å². The molecular weight excluding hydrogens is 438 g/mol. The number of nitrogens with zero attached hydrogens (tertiary/aromatic N) is 3. The van der Waals surface area contributed by atoms with Crippen LogP contribution < -0.4 is 0 Å². The average Bonchev–Trinajstić information content (AvgIpc) is 3.39. The molecule has 0 aliphatic carbocycles. The maximum absolute atomic E-state index is 13.5. The molecule has 2 aromatic carbocycles. The number of amides is 1. The molecule has 1 unspecified atom stereocenters. The number of furan rings is 1. The first-order chi connectivity index (χ1) is 16.4. The molecule has 1 N–H and O–H groups in total. The summed E-state index contributed by atoms with van der Waals surface area (Å²) in [5.74, 6) is -2.18. The first-order valence-electron chi connectivity index (χ1n) is 10.3. The summed E-state index contributed by atoms with van der Waals surface area (Å²) in [6.07, 6.45) is 3.12. The number of benzene rings is 2. The zero-order valence-electron chi connectivity index (χ0n) is 17.6. The lowest BCUT2D eigenvalue weighted by molar-refractivity contribution is -0.384. The van der Waals surface area contributed by atoms with Crippen LogP contribution >= 0.6 is 0 Å². The molecule has 0 spiro atoms. The van der Waals surface area contributed by atoms with E-state index in [-0.39, 0.29) is 23.6 Å². The van der Waals surface area contributed by atoms with Crippen molar-refractivity contribution in [2.75, 3.05) is 0 Å². The third kappa shape index (κ3) is 3.58. The van der Waals surface area contributed by atoms with Crippen LogP contribution in [0.5, 0.6) is 0 Å². The summed E-state index contributed by atoms with van der Waals surface area (Å²) < 4.78 is 5.68. The van der Waals surface area contributed by atoms with Gasteiger partial charge in [0.05, 0.1) is 16.5 Å². The Balaban J connectivity index is 1.63. The molecule has 9 heteroatoms. The van der Waals surface area contributed by atoms with Crippen molar-refractivity contribution in [1.82, 2.24) is 9.88 Å². The van der Waals surface area contributed by atoms with Gasteiger partial charge in [-0.3, -0.25) is 24.7 Å². The van der Waals surface area contributed by atoms with E-state index in [9.17, 15) is 24.8 Å². The van der Waals surface area contributed by atoms with Gasteiger partial charge in [0.15, 0.2) is 11.5 Å². The van der Waals surface area contributed by atoms with Crippen LogP contribution in [-0.2, 0) is 11.3 Å². The quantitative estimate of drug-likeness (QED) is 0.257. The number of carbonyl (C=O) groups excluding carboxylic acids is 2. The number of non-ortho nitro benzene ring substituents is 1. The Kier molecular flexibility index (Phi) is 5.14. The summed E-state index contributed by atoms with van der Waals surface area (Å²) in [6, 6.07) is 16.6. The lowest BCUT2D eigenvalue weighted by Crippen LogP contribution is -2.30. The highest BCUT2D eigenvalue weighted by molar-refractivity contribution is 6.16. The highest BCUT2D eigenvalue weighted by Crippen LogP contribution is 2.41. The first kappa shape index (κ1) is 21.1. The molecule has 2 aromatic heterocycles. The predicted octanol–water partition coefficient (Wildman–Crippen LogP) is 4.51. The van der Waals surface area contributed by atoms with Crippen LogP contribution in [0.2, 0.25) is 0 Å². The van der Waals surface area contributed by atoms with E-state index < -0.39 is 28.4 Å². The topological polar surface area (TPSA) is 127 Å². The summed E-state index contributed by atoms with van der Waals surface area (Å²) in [5, 5.41) is 22.9. The number of fused-ring (bicyclic) bond motifs is 1. The van der Waals surface area contributed by atoms with Crippen molar-refractivity contribution in [3.8, 4) is 0 Å². The van der Waals surface area contributed by atoms with E-state index in [4.69, 9.17) is 4.42 Å². The fourth-order valence-electron chi connectivity index (χ4n) is 4.12. The third-order valence-corrected chi connectivity index (χ3v) is 5.70. The van der Waals surface area contributed by atoms with E-state index in [1.165, 1.54) is 23.1 Å². The molecule has 0 saturated heterocycles. The van der Waals surface area contributed by atoms with Crippen molar-refractivity contribution in [3.05, 3.63) is 117 Å². The van der Waals surface area contributed by atoms with E-state index in [0.29, 0.717) is 22.1 Å². The van der Waals surface area contributed by atoms with Gasteiger partial charge in [-0.1, -0.05) is 30.3 Å². The summed E-state index contributed by atoms with van der Waals surface area (Å²) in [7, 11) is 0. The maximum Gasteiger partial charge on any atom is 0.290 e. The molecule has 1 aliphatic rings. The largest absolute Gasteiger partial charge is 0.503 e. The Morgan fingerprint density at radius 1 is 1.09 bits per heavy atom. The van der Waals surface area contributed by atoms with Crippen LogP contribution in [0.1, 0.15) is 27.7 Å². The SMILES string of the molecule is O=C(C1=C(O)C(=O)N(Cc2ccncc2)C1c1cccc([N+](=O)[O-])c1)c1cc2ccccc2o1. The maximum atomic E-state index is 13.5. The zero-order valence-corrected chi connectivity index (χ0v) is 17.6. The van der Waals surface area contributed by atoms with E-state index in [0.717, 1.165) is 0 Å². The van der Waals surface area contributed by atoms with Crippen molar-refractivity contribution < 1.29 is 24.0 Å². The molecule has 168 valence electrons. The number of hydrogen-bond donors (Lipinski definition) is 1. The number of para-hydroxylation sites is 1. The van der Waals surface area contributed by atoms with Crippen LogP contribution in [0, 0.1) is 10.1 Å². The second kappa shape index (κ2) is 8.28. The third-order valence-electron chi connectivity index (χ3n) is 5.70. The van der Waals surface area contributed by atoms with Gasteiger partial charge in [0.25, 0.3) is 11.6 Å². The molecule has 1 atom stereocenters. The van der Waals surface area contributed by atoms with Gasteiger partial charge in [-0.25, -0.2) is 0 Å². The molecule has 0 radical (unpaired) electrons. The normalized spacial score (nSPS) is 15.8. The van der Waals surface area contributed by atoms with Gasteiger partial charge in [-0.15, -0.1) is 0 Å². The Hall–Kier alpha value is -4.79. The number of ketones is 1. The standard InChI is InChI=1S/C25H17N3O6/c29-23(20-13-16-4-1-2-7-19(16)34-20)21-22(17-5-3-6-18(12-17)28(32)33)27(25(31)24(21)30)14-15-8-10-26-11-9-15/h1-13,22,30H,14H2. The summed E-state index contributed by atoms with van der Waals surface area (Å²) in [6.45, 7) is 0.0513. The second-order valence-corrected chi connectivity index (χ2v) is 7.78. The smallest absolute Gasteiger partial charge is 0.290 e. The molecule has 0 fully saturated rings. The van der Waals surface area contributed by atoms with Crippen molar-refractivity contribution >= 4 is 28.3 Å². The summed E-state index contributed by atoms with van der Waals surface area (Å²) in [5.41, 5.74) is 1.12. The van der Waals surface area contributed by atoms with E-state index >= 15 is 0 Å². The molecule has 5 rings (SSSR count). The first-order valence-corrected chi connectivity index (χ1v) is 10.3. The van der Waals surface area contributed by atoms with Crippen LogP contribution in [0.4, 0.5) is 5.69 Å². The number of pyridine rings is 1.